The third-order valence-electron chi connectivity index (χ3n) is 2.09. The number of anilines is 1. The van der Waals surface area contributed by atoms with E-state index in [2.05, 4.69) is 10.1 Å². The predicted octanol–water partition coefficient (Wildman–Crippen LogP) is 2.85. The highest BCUT2D eigenvalue weighted by atomic mass is 19.4. The summed E-state index contributed by atoms with van der Waals surface area (Å²) < 4.78 is 41.2. The van der Waals surface area contributed by atoms with Gasteiger partial charge in [-0.2, -0.15) is 13.2 Å². The van der Waals surface area contributed by atoms with E-state index in [9.17, 15) is 18.0 Å². The van der Waals surface area contributed by atoms with E-state index in [4.69, 9.17) is 0 Å². The quantitative estimate of drug-likeness (QED) is 0.667. The van der Waals surface area contributed by atoms with Crippen molar-refractivity contribution in [3.63, 3.8) is 0 Å². The van der Waals surface area contributed by atoms with Crippen molar-refractivity contribution in [2.45, 2.75) is 6.18 Å². The molecule has 0 aliphatic carbocycles. The van der Waals surface area contributed by atoms with Crippen LogP contribution in [0.5, 0.6) is 0 Å². The minimum atomic E-state index is -4.33. The van der Waals surface area contributed by atoms with Crippen molar-refractivity contribution in [2.75, 3.05) is 19.0 Å². The Labute approximate surface area is 102 Å². The smallest absolute Gasteiger partial charge is 0.416 e. The third-order valence-corrected chi connectivity index (χ3v) is 2.09. The van der Waals surface area contributed by atoms with Crippen molar-refractivity contribution in [1.82, 2.24) is 0 Å². The summed E-state index contributed by atoms with van der Waals surface area (Å²) >= 11 is 0. The summed E-state index contributed by atoms with van der Waals surface area (Å²) in [6, 6.07) is 4.64. The molecule has 0 aliphatic rings. The molecule has 0 fully saturated rings. The van der Waals surface area contributed by atoms with Crippen LogP contribution >= 0.6 is 0 Å². The largest absolute Gasteiger partial charge is 0.466 e. The second-order valence-electron chi connectivity index (χ2n) is 3.38. The Kier molecular flexibility index (Phi) is 4.76. The molecule has 0 spiro atoms. The van der Waals surface area contributed by atoms with Crippen LogP contribution in [0, 0.1) is 0 Å². The number of carbonyl (C=O) groups excluding carboxylic acids is 1. The molecule has 1 N–H and O–H groups in total. The van der Waals surface area contributed by atoms with E-state index in [1.165, 1.54) is 31.4 Å². The Morgan fingerprint density at radius 1 is 1.33 bits per heavy atom. The summed E-state index contributed by atoms with van der Waals surface area (Å²) in [4.78, 5) is 10.7. The van der Waals surface area contributed by atoms with E-state index < -0.39 is 17.7 Å². The van der Waals surface area contributed by atoms with Crippen LogP contribution in [0.15, 0.2) is 36.4 Å². The normalized spacial score (nSPS) is 11.6. The van der Waals surface area contributed by atoms with Crippen LogP contribution in [0.3, 0.4) is 0 Å². The molecule has 3 nitrogen and oxygen atoms in total. The van der Waals surface area contributed by atoms with Gasteiger partial charge in [-0.3, -0.25) is 0 Å². The first-order chi connectivity index (χ1) is 8.43. The SMILES string of the molecule is COC(=O)/C=C/CNc1ccc(C(F)(F)F)cc1. The molecule has 6 heteroatoms. The van der Waals surface area contributed by atoms with Gasteiger partial charge in [0.15, 0.2) is 0 Å². The van der Waals surface area contributed by atoms with Crippen molar-refractivity contribution >= 4 is 11.7 Å². The zero-order valence-corrected chi connectivity index (χ0v) is 9.62. The van der Waals surface area contributed by atoms with E-state index in [0.29, 0.717) is 12.2 Å². The molecule has 1 rings (SSSR count). The van der Waals surface area contributed by atoms with E-state index in [-0.39, 0.29) is 0 Å². The molecule has 0 aliphatic heterocycles. The number of nitrogens with one attached hydrogen (secondary N) is 1. The molecule has 1 aromatic carbocycles. The Hall–Kier alpha value is -1.98. The number of benzene rings is 1. The molecule has 0 radical (unpaired) electrons. The fraction of sp³-hybridized carbons (Fsp3) is 0.250. The maximum absolute atomic E-state index is 12.3. The van der Waals surface area contributed by atoms with Gasteiger partial charge >= 0.3 is 12.1 Å². The van der Waals surface area contributed by atoms with Crippen LogP contribution < -0.4 is 5.32 Å². The molecule has 98 valence electrons. The Morgan fingerprint density at radius 3 is 2.44 bits per heavy atom. The summed E-state index contributed by atoms with van der Waals surface area (Å²) in [7, 11) is 1.26. The lowest BCUT2D eigenvalue weighted by molar-refractivity contribution is -0.137. The summed E-state index contributed by atoms with van der Waals surface area (Å²) in [5.74, 6) is -0.482. The highest BCUT2D eigenvalue weighted by Gasteiger charge is 2.29. The van der Waals surface area contributed by atoms with Crippen LogP contribution in [0.1, 0.15) is 5.56 Å². The van der Waals surface area contributed by atoms with E-state index in [1.54, 1.807) is 0 Å². The number of esters is 1. The average molecular weight is 259 g/mol. The van der Waals surface area contributed by atoms with Gasteiger partial charge < -0.3 is 10.1 Å². The molecule has 0 unspecified atom stereocenters. The van der Waals surface area contributed by atoms with Crippen LogP contribution in [-0.4, -0.2) is 19.6 Å². The van der Waals surface area contributed by atoms with Gasteiger partial charge in [0.05, 0.1) is 12.7 Å². The first kappa shape index (κ1) is 14.1. The molecular formula is C12H12F3NO2. The highest BCUT2D eigenvalue weighted by Crippen LogP contribution is 2.29. The molecule has 0 heterocycles. The molecule has 0 aromatic heterocycles. The van der Waals surface area contributed by atoms with E-state index in [1.807, 2.05) is 0 Å². The minimum absolute atomic E-state index is 0.320. The summed E-state index contributed by atoms with van der Waals surface area (Å²) in [5, 5.41) is 2.84. The summed E-state index contributed by atoms with van der Waals surface area (Å²) in [6.45, 7) is 0.320. The zero-order valence-electron chi connectivity index (χ0n) is 9.62. The van der Waals surface area contributed by atoms with Gasteiger partial charge in [-0.1, -0.05) is 6.08 Å². The van der Waals surface area contributed by atoms with Gasteiger partial charge in [0.25, 0.3) is 0 Å². The molecule has 0 bridgehead atoms. The predicted molar refractivity (Wildman–Crippen MR) is 61.1 cm³/mol. The van der Waals surface area contributed by atoms with Gasteiger partial charge in [-0.25, -0.2) is 4.79 Å². The van der Waals surface area contributed by atoms with E-state index in [0.717, 1.165) is 12.1 Å². The van der Waals surface area contributed by atoms with Gasteiger partial charge in [0, 0.05) is 18.3 Å². The van der Waals surface area contributed by atoms with Gasteiger partial charge in [-0.05, 0) is 24.3 Å². The maximum Gasteiger partial charge on any atom is 0.416 e. The van der Waals surface area contributed by atoms with Crippen LogP contribution in [0.4, 0.5) is 18.9 Å². The number of halogens is 3. The standard InChI is InChI=1S/C12H12F3NO2/c1-18-11(17)3-2-8-16-10-6-4-9(5-7-10)12(13,14)15/h2-7,16H,8H2,1H3/b3-2+. The molecule has 0 saturated heterocycles. The Balaban J connectivity index is 2.50. The van der Waals surface area contributed by atoms with Crippen LogP contribution in [0.2, 0.25) is 0 Å². The second kappa shape index (κ2) is 6.09. The monoisotopic (exact) mass is 259 g/mol. The fourth-order valence-corrected chi connectivity index (χ4v) is 1.18. The molecular weight excluding hydrogens is 247 g/mol. The van der Waals surface area contributed by atoms with E-state index >= 15 is 0 Å². The lowest BCUT2D eigenvalue weighted by atomic mass is 10.2. The van der Waals surface area contributed by atoms with Gasteiger partial charge in [0.2, 0.25) is 0 Å². The molecule has 0 saturated carbocycles. The number of methoxy groups -OCH3 is 1. The van der Waals surface area contributed by atoms with Crippen molar-refractivity contribution in [2.24, 2.45) is 0 Å². The second-order valence-corrected chi connectivity index (χ2v) is 3.38. The van der Waals surface area contributed by atoms with Gasteiger partial charge in [-0.15, -0.1) is 0 Å². The fourth-order valence-electron chi connectivity index (χ4n) is 1.18. The summed E-state index contributed by atoms with van der Waals surface area (Å²) in [5.41, 5.74) is -0.157. The molecule has 18 heavy (non-hydrogen) atoms. The zero-order chi connectivity index (χ0) is 13.6. The minimum Gasteiger partial charge on any atom is -0.466 e. The topological polar surface area (TPSA) is 38.3 Å². The number of ether oxygens (including phenoxy) is 1. The van der Waals surface area contributed by atoms with Crippen LogP contribution in [-0.2, 0) is 15.7 Å². The average Bonchev–Trinajstić information content (AvgIpc) is 2.33. The Bertz CT molecular complexity index is 424. The number of hydrogen-bond donors (Lipinski definition) is 1. The molecule has 0 atom stereocenters. The number of carbonyl (C=O) groups is 1. The molecule has 0 amide bonds. The number of alkyl halides is 3. The highest BCUT2D eigenvalue weighted by molar-refractivity contribution is 5.81. The summed E-state index contributed by atoms with van der Waals surface area (Å²) in [6.07, 6.45) is -1.58. The molecule has 1 aromatic rings. The lowest BCUT2D eigenvalue weighted by Gasteiger charge is -2.08. The Morgan fingerprint density at radius 2 is 1.94 bits per heavy atom. The maximum atomic E-state index is 12.3. The number of hydrogen-bond acceptors (Lipinski definition) is 3. The van der Waals surface area contributed by atoms with Crippen molar-refractivity contribution in [3.05, 3.63) is 42.0 Å². The lowest BCUT2D eigenvalue weighted by Crippen LogP contribution is -2.05. The van der Waals surface area contributed by atoms with Crippen molar-refractivity contribution < 1.29 is 22.7 Å². The number of rotatable bonds is 4. The third kappa shape index (κ3) is 4.48. The first-order valence-electron chi connectivity index (χ1n) is 5.09. The first-order valence-corrected chi connectivity index (χ1v) is 5.09. The van der Waals surface area contributed by atoms with Crippen molar-refractivity contribution in [1.29, 1.82) is 0 Å². The van der Waals surface area contributed by atoms with Crippen LogP contribution in [0.25, 0.3) is 0 Å². The van der Waals surface area contributed by atoms with Crippen molar-refractivity contribution in [3.8, 4) is 0 Å². The van der Waals surface area contributed by atoms with Gasteiger partial charge in [0.1, 0.15) is 0 Å².